The number of anilines is 2. The van der Waals surface area contributed by atoms with Gasteiger partial charge >= 0.3 is 0 Å². The molecule has 2 aromatic rings. The quantitative estimate of drug-likeness (QED) is 0.801. The van der Waals surface area contributed by atoms with Crippen molar-refractivity contribution < 1.29 is 17.6 Å². The smallest absolute Gasteiger partial charge is 0.248 e. The highest BCUT2D eigenvalue weighted by Crippen LogP contribution is 2.26. The summed E-state index contributed by atoms with van der Waals surface area (Å²) in [5, 5.41) is 2.79. The minimum Gasteiger partial charge on any atom is -0.324 e. The minimum absolute atomic E-state index is 0.138. The molecule has 0 aliphatic carbocycles. The Hall–Kier alpha value is -2.41. The second kappa shape index (κ2) is 8.31. The zero-order valence-electron chi connectivity index (χ0n) is 15.1. The summed E-state index contributed by atoms with van der Waals surface area (Å²) in [4.78, 5) is 12.8. The van der Waals surface area contributed by atoms with Crippen LogP contribution in [0.1, 0.15) is 25.8 Å². The molecule has 140 valence electrons. The van der Waals surface area contributed by atoms with Crippen LogP contribution < -0.4 is 9.62 Å². The largest absolute Gasteiger partial charge is 0.324 e. The summed E-state index contributed by atoms with van der Waals surface area (Å²) in [7, 11) is -3.87. The molecule has 5 nitrogen and oxygen atoms in total. The van der Waals surface area contributed by atoms with Gasteiger partial charge in [-0.05, 0) is 36.6 Å². The number of nitrogens with zero attached hydrogens (tertiary/aromatic N) is 1. The van der Waals surface area contributed by atoms with Gasteiger partial charge in [-0.3, -0.25) is 9.10 Å². The number of aryl methyl sites for hydroxylation is 1. The molecule has 0 radical (unpaired) electrons. The average Bonchev–Trinajstić information content (AvgIpc) is 2.59. The maximum Gasteiger partial charge on any atom is 0.248 e. The van der Waals surface area contributed by atoms with Crippen LogP contribution >= 0.6 is 0 Å². The van der Waals surface area contributed by atoms with Crippen LogP contribution in [0.3, 0.4) is 0 Å². The molecule has 0 saturated heterocycles. The Morgan fingerprint density at radius 2 is 1.73 bits per heavy atom. The third-order valence-electron chi connectivity index (χ3n) is 4.08. The monoisotopic (exact) mass is 378 g/mol. The fourth-order valence-electron chi connectivity index (χ4n) is 2.83. The maximum atomic E-state index is 14.2. The number of hydrogen-bond donors (Lipinski definition) is 1. The van der Waals surface area contributed by atoms with Crippen LogP contribution in [0.5, 0.6) is 0 Å². The van der Waals surface area contributed by atoms with Crippen molar-refractivity contribution >= 4 is 27.3 Å². The van der Waals surface area contributed by atoms with Crippen molar-refractivity contribution in [3.8, 4) is 0 Å². The van der Waals surface area contributed by atoms with Gasteiger partial charge in [-0.2, -0.15) is 0 Å². The normalized spacial score (nSPS) is 12.5. The van der Waals surface area contributed by atoms with Crippen molar-refractivity contribution in [1.82, 2.24) is 0 Å². The Morgan fingerprint density at radius 1 is 1.12 bits per heavy atom. The predicted molar refractivity (Wildman–Crippen MR) is 102 cm³/mol. The second-order valence-electron chi connectivity index (χ2n) is 5.93. The molecular weight excluding hydrogens is 355 g/mol. The highest BCUT2D eigenvalue weighted by atomic mass is 32.2. The van der Waals surface area contributed by atoms with Gasteiger partial charge in [0.25, 0.3) is 0 Å². The van der Waals surface area contributed by atoms with Crippen molar-refractivity contribution in [1.29, 1.82) is 0 Å². The molecule has 1 N–H and O–H groups in total. The Balaban J connectivity index is 2.42. The number of benzene rings is 2. The lowest BCUT2D eigenvalue weighted by Crippen LogP contribution is -2.47. The summed E-state index contributed by atoms with van der Waals surface area (Å²) < 4.78 is 39.8. The molecule has 0 unspecified atom stereocenters. The highest BCUT2D eigenvalue weighted by molar-refractivity contribution is 7.92. The van der Waals surface area contributed by atoms with E-state index in [2.05, 4.69) is 5.32 Å². The highest BCUT2D eigenvalue weighted by Gasteiger charge is 2.33. The number of hydrogen-bond acceptors (Lipinski definition) is 3. The minimum atomic E-state index is -3.87. The van der Waals surface area contributed by atoms with E-state index < -0.39 is 27.8 Å². The first-order valence-electron chi connectivity index (χ1n) is 8.42. The molecule has 0 aliphatic rings. The van der Waals surface area contributed by atoms with E-state index in [1.165, 1.54) is 24.3 Å². The van der Waals surface area contributed by atoms with Crippen molar-refractivity contribution in [2.45, 2.75) is 32.7 Å². The number of para-hydroxylation sites is 2. The number of halogens is 1. The molecule has 0 spiro atoms. The van der Waals surface area contributed by atoms with Gasteiger partial charge in [0.1, 0.15) is 11.9 Å². The van der Waals surface area contributed by atoms with E-state index in [0.29, 0.717) is 5.69 Å². The van der Waals surface area contributed by atoms with Gasteiger partial charge in [0.15, 0.2) is 0 Å². The molecule has 0 fully saturated rings. The molecule has 0 saturated carbocycles. The summed E-state index contributed by atoms with van der Waals surface area (Å²) in [6.45, 7) is 3.65. The topological polar surface area (TPSA) is 66.5 Å². The van der Waals surface area contributed by atoms with Gasteiger partial charge in [-0.25, -0.2) is 12.8 Å². The Morgan fingerprint density at radius 3 is 2.31 bits per heavy atom. The van der Waals surface area contributed by atoms with Crippen LogP contribution in [0.2, 0.25) is 0 Å². The van der Waals surface area contributed by atoms with Gasteiger partial charge in [-0.1, -0.05) is 44.2 Å². The van der Waals surface area contributed by atoms with E-state index in [0.717, 1.165) is 22.5 Å². The number of carbonyl (C=O) groups is 1. The van der Waals surface area contributed by atoms with Gasteiger partial charge in [0.05, 0.1) is 11.9 Å². The summed E-state index contributed by atoms with van der Waals surface area (Å²) >= 11 is 0. The SMILES string of the molecule is CCc1ccccc1NC(=O)[C@H](CC)N(c1ccccc1F)S(C)(=O)=O. The molecule has 0 aromatic heterocycles. The van der Waals surface area contributed by atoms with E-state index in [9.17, 15) is 17.6 Å². The van der Waals surface area contributed by atoms with Crippen LogP contribution in [0, 0.1) is 5.82 Å². The average molecular weight is 378 g/mol. The summed E-state index contributed by atoms with van der Waals surface area (Å²) in [5.41, 5.74) is 1.42. The Bertz CT molecular complexity index is 884. The van der Waals surface area contributed by atoms with Crippen LogP contribution in [0.4, 0.5) is 15.8 Å². The van der Waals surface area contributed by atoms with Crippen LogP contribution in [-0.2, 0) is 21.2 Å². The first kappa shape index (κ1) is 19.9. The molecule has 0 aliphatic heterocycles. The fraction of sp³-hybridized carbons (Fsp3) is 0.316. The Labute approximate surface area is 153 Å². The van der Waals surface area contributed by atoms with E-state index in [1.807, 2.05) is 19.1 Å². The zero-order valence-corrected chi connectivity index (χ0v) is 15.9. The summed E-state index contributed by atoms with van der Waals surface area (Å²) in [6.07, 6.45) is 1.88. The van der Waals surface area contributed by atoms with E-state index in [4.69, 9.17) is 0 Å². The number of sulfonamides is 1. The molecule has 0 bridgehead atoms. The van der Waals surface area contributed by atoms with E-state index in [-0.39, 0.29) is 12.1 Å². The lowest BCUT2D eigenvalue weighted by molar-refractivity contribution is -0.117. The molecule has 1 atom stereocenters. The molecule has 0 heterocycles. The number of nitrogens with one attached hydrogen (secondary N) is 1. The van der Waals surface area contributed by atoms with Gasteiger partial charge in [-0.15, -0.1) is 0 Å². The summed E-state index contributed by atoms with van der Waals surface area (Å²) in [5.74, 6) is -1.19. The molecule has 2 aromatic carbocycles. The van der Waals surface area contributed by atoms with Crippen LogP contribution in [0.15, 0.2) is 48.5 Å². The van der Waals surface area contributed by atoms with Crippen molar-refractivity contribution in [3.63, 3.8) is 0 Å². The van der Waals surface area contributed by atoms with Crippen molar-refractivity contribution in [2.75, 3.05) is 15.9 Å². The Kier molecular flexibility index (Phi) is 6.37. The standard InChI is InChI=1S/C19H23FN2O3S/c1-4-14-10-6-8-12-16(14)21-19(23)17(5-2)22(26(3,24)25)18-13-9-7-11-15(18)20/h6-13,17H,4-5H2,1-3H3,(H,21,23)/t17-/m0/s1. The molecule has 26 heavy (non-hydrogen) atoms. The van der Waals surface area contributed by atoms with Crippen molar-refractivity contribution in [3.05, 3.63) is 59.9 Å². The number of carbonyl (C=O) groups excluding carboxylic acids is 1. The molecule has 2 rings (SSSR count). The number of amides is 1. The number of rotatable bonds is 7. The van der Waals surface area contributed by atoms with Gasteiger partial charge in [0.2, 0.25) is 15.9 Å². The molecule has 7 heteroatoms. The molecule has 1 amide bonds. The lowest BCUT2D eigenvalue weighted by Gasteiger charge is -2.30. The second-order valence-corrected chi connectivity index (χ2v) is 7.79. The fourth-order valence-corrected chi connectivity index (χ4v) is 4.04. The summed E-state index contributed by atoms with van der Waals surface area (Å²) in [6, 6.07) is 11.8. The third kappa shape index (κ3) is 4.40. The first-order chi connectivity index (χ1) is 12.3. The van der Waals surface area contributed by atoms with Gasteiger partial charge in [0, 0.05) is 5.69 Å². The van der Waals surface area contributed by atoms with E-state index in [1.54, 1.807) is 19.1 Å². The van der Waals surface area contributed by atoms with Crippen LogP contribution in [0.25, 0.3) is 0 Å². The maximum absolute atomic E-state index is 14.2. The van der Waals surface area contributed by atoms with Crippen LogP contribution in [-0.4, -0.2) is 26.6 Å². The van der Waals surface area contributed by atoms with Crippen molar-refractivity contribution in [2.24, 2.45) is 0 Å². The molecular formula is C19H23FN2O3S. The first-order valence-corrected chi connectivity index (χ1v) is 10.3. The predicted octanol–water partition coefficient (Wildman–Crippen LogP) is 3.57. The zero-order chi connectivity index (χ0) is 19.3. The third-order valence-corrected chi connectivity index (χ3v) is 5.24. The van der Waals surface area contributed by atoms with Gasteiger partial charge < -0.3 is 5.32 Å². The lowest BCUT2D eigenvalue weighted by atomic mass is 10.1. The van der Waals surface area contributed by atoms with E-state index >= 15 is 0 Å².